The average Bonchev–Trinajstić information content (AvgIpc) is 3.25. The van der Waals surface area contributed by atoms with Crippen molar-refractivity contribution in [3.8, 4) is 23.1 Å². The van der Waals surface area contributed by atoms with E-state index in [-0.39, 0.29) is 22.8 Å². The zero-order valence-electron chi connectivity index (χ0n) is 15.8. The van der Waals surface area contributed by atoms with Crippen molar-refractivity contribution in [1.82, 2.24) is 9.97 Å². The Kier molecular flexibility index (Phi) is 4.35. The Morgan fingerprint density at radius 1 is 1.00 bits per heavy atom. The lowest BCUT2D eigenvalue weighted by Crippen LogP contribution is -2.08. The van der Waals surface area contributed by atoms with Gasteiger partial charge in [0, 0.05) is 10.9 Å². The molecule has 0 atom stereocenters. The number of fused-ring (bicyclic) bond motifs is 1. The molecule has 0 spiro atoms. The standard InChI is InChI=1S/C19H16N2O8S/c1-8-14(22)9(2)18(24)29-15(8)13-6-11-5-10(3-4-12(11)28-13)7-30(26,27)17-16(23)20-19(25)21-17/h3-6,22-23H,7H2,1-2H3,(H2,20,21,25). The van der Waals surface area contributed by atoms with Gasteiger partial charge in [-0.25, -0.2) is 18.0 Å². The monoisotopic (exact) mass is 432 g/mol. The molecule has 0 amide bonds. The van der Waals surface area contributed by atoms with Crippen LogP contribution < -0.4 is 11.3 Å². The zero-order valence-corrected chi connectivity index (χ0v) is 16.6. The Balaban J connectivity index is 1.74. The number of H-pyrrole nitrogens is 2. The number of rotatable bonds is 4. The molecule has 4 aromatic rings. The Bertz CT molecular complexity index is 1520. The van der Waals surface area contributed by atoms with Gasteiger partial charge in [-0.15, -0.1) is 0 Å². The zero-order chi connectivity index (χ0) is 21.8. The molecular weight excluding hydrogens is 416 g/mol. The van der Waals surface area contributed by atoms with Crippen molar-refractivity contribution in [3.63, 3.8) is 0 Å². The number of hydrogen-bond donors (Lipinski definition) is 4. The lowest BCUT2D eigenvalue weighted by molar-refractivity contribution is 0.433. The van der Waals surface area contributed by atoms with Crippen LogP contribution in [0.1, 0.15) is 16.7 Å². The van der Waals surface area contributed by atoms with Crippen LogP contribution in [0.2, 0.25) is 0 Å². The molecule has 0 aliphatic heterocycles. The number of hydrogen-bond acceptors (Lipinski definition) is 8. The molecule has 4 rings (SSSR count). The number of imidazole rings is 1. The van der Waals surface area contributed by atoms with Crippen molar-refractivity contribution in [3.05, 3.63) is 61.9 Å². The summed E-state index contributed by atoms with van der Waals surface area (Å²) in [6, 6.07) is 6.18. The van der Waals surface area contributed by atoms with Crippen LogP contribution in [-0.4, -0.2) is 28.6 Å². The van der Waals surface area contributed by atoms with Gasteiger partial charge in [0.2, 0.25) is 15.7 Å². The van der Waals surface area contributed by atoms with Gasteiger partial charge >= 0.3 is 11.3 Å². The Labute approximate surface area is 168 Å². The maximum atomic E-state index is 12.5. The summed E-state index contributed by atoms with van der Waals surface area (Å²) in [5, 5.41) is 19.6. The number of nitrogens with one attached hydrogen (secondary N) is 2. The van der Waals surface area contributed by atoms with Gasteiger partial charge in [-0.1, -0.05) is 6.07 Å². The molecular formula is C19H16N2O8S. The van der Waals surface area contributed by atoms with E-state index in [0.29, 0.717) is 22.1 Å². The van der Waals surface area contributed by atoms with Crippen LogP contribution >= 0.6 is 0 Å². The van der Waals surface area contributed by atoms with Crippen LogP contribution in [0.3, 0.4) is 0 Å². The van der Waals surface area contributed by atoms with E-state index in [9.17, 15) is 28.2 Å². The topological polar surface area (TPSA) is 167 Å². The third-order valence-electron chi connectivity index (χ3n) is 4.70. The van der Waals surface area contributed by atoms with E-state index in [1.165, 1.54) is 13.0 Å². The highest BCUT2D eigenvalue weighted by Gasteiger charge is 2.23. The normalized spacial score (nSPS) is 11.9. The summed E-state index contributed by atoms with van der Waals surface area (Å²) < 4.78 is 35.9. The molecule has 0 saturated heterocycles. The number of aromatic hydroxyl groups is 2. The van der Waals surface area contributed by atoms with E-state index in [4.69, 9.17) is 8.83 Å². The van der Waals surface area contributed by atoms with Crippen molar-refractivity contribution in [2.75, 3.05) is 0 Å². The second kappa shape index (κ2) is 6.66. The largest absolute Gasteiger partial charge is 0.507 e. The van der Waals surface area contributed by atoms with E-state index < -0.39 is 37.8 Å². The van der Waals surface area contributed by atoms with Crippen LogP contribution in [0.4, 0.5) is 0 Å². The summed E-state index contributed by atoms with van der Waals surface area (Å²) in [5.74, 6) is -1.15. The second-order valence-electron chi connectivity index (χ2n) is 6.82. The molecule has 4 N–H and O–H groups in total. The second-order valence-corrected chi connectivity index (χ2v) is 8.74. The summed E-state index contributed by atoms with van der Waals surface area (Å²) >= 11 is 0. The molecule has 1 aromatic carbocycles. The van der Waals surface area contributed by atoms with Crippen molar-refractivity contribution < 1.29 is 27.5 Å². The van der Waals surface area contributed by atoms with Gasteiger partial charge in [-0.2, -0.15) is 0 Å². The predicted molar refractivity (Wildman–Crippen MR) is 105 cm³/mol. The number of sulfone groups is 1. The highest BCUT2D eigenvalue weighted by molar-refractivity contribution is 7.90. The summed E-state index contributed by atoms with van der Waals surface area (Å²) in [5.41, 5.74) is -0.320. The van der Waals surface area contributed by atoms with Gasteiger partial charge in [0.05, 0.1) is 11.3 Å². The molecule has 0 aliphatic rings. The molecule has 0 saturated carbocycles. The first-order valence-electron chi connectivity index (χ1n) is 8.67. The van der Waals surface area contributed by atoms with Gasteiger partial charge < -0.3 is 19.0 Å². The summed E-state index contributed by atoms with van der Waals surface area (Å²) in [4.78, 5) is 27.1. The number of benzene rings is 1. The van der Waals surface area contributed by atoms with Gasteiger partial charge in [0.1, 0.15) is 11.3 Å². The summed E-state index contributed by atoms with van der Waals surface area (Å²) in [6.45, 7) is 3.02. The van der Waals surface area contributed by atoms with E-state index in [0.717, 1.165) is 0 Å². The minimum absolute atomic E-state index is 0.0725. The van der Waals surface area contributed by atoms with Gasteiger partial charge in [0.15, 0.2) is 16.5 Å². The van der Waals surface area contributed by atoms with E-state index >= 15 is 0 Å². The molecule has 3 heterocycles. The maximum Gasteiger partial charge on any atom is 0.343 e. The highest BCUT2D eigenvalue weighted by Crippen LogP contribution is 2.34. The molecule has 0 unspecified atom stereocenters. The smallest absolute Gasteiger partial charge is 0.343 e. The van der Waals surface area contributed by atoms with Gasteiger partial charge in [-0.05, 0) is 37.6 Å². The van der Waals surface area contributed by atoms with E-state index in [1.807, 2.05) is 4.98 Å². The average molecular weight is 432 g/mol. The lowest BCUT2D eigenvalue weighted by atomic mass is 10.1. The van der Waals surface area contributed by atoms with Crippen LogP contribution in [0, 0.1) is 13.8 Å². The fourth-order valence-corrected chi connectivity index (χ4v) is 4.49. The van der Waals surface area contributed by atoms with E-state index in [1.54, 1.807) is 25.1 Å². The van der Waals surface area contributed by atoms with Crippen molar-refractivity contribution in [2.24, 2.45) is 0 Å². The molecule has 0 bridgehead atoms. The first-order valence-corrected chi connectivity index (χ1v) is 10.3. The molecule has 0 radical (unpaired) electrons. The van der Waals surface area contributed by atoms with E-state index in [2.05, 4.69) is 4.98 Å². The summed E-state index contributed by atoms with van der Waals surface area (Å²) in [6.07, 6.45) is 0. The van der Waals surface area contributed by atoms with Crippen LogP contribution in [0.15, 0.2) is 47.7 Å². The Morgan fingerprint density at radius 2 is 1.73 bits per heavy atom. The molecule has 0 aliphatic carbocycles. The number of aromatic nitrogens is 2. The van der Waals surface area contributed by atoms with Gasteiger partial charge in [0.25, 0.3) is 0 Å². The Hall–Kier alpha value is -3.73. The molecule has 30 heavy (non-hydrogen) atoms. The quantitative estimate of drug-likeness (QED) is 0.380. The van der Waals surface area contributed by atoms with Crippen LogP contribution in [0.5, 0.6) is 11.6 Å². The molecule has 11 heteroatoms. The molecule has 0 fully saturated rings. The third kappa shape index (κ3) is 3.18. The Morgan fingerprint density at radius 3 is 2.40 bits per heavy atom. The van der Waals surface area contributed by atoms with Crippen molar-refractivity contribution in [2.45, 2.75) is 24.6 Å². The lowest BCUT2D eigenvalue weighted by Gasteiger charge is -2.05. The minimum Gasteiger partial charge on any atom is -0.507 e. The van der Waals surface area contributed by atoms with Gasteiger partial charge in [-0.3, -0.25) is 9.97 Å². The first-order chi connectivity index (χ1) is 14.1. The maximum absolute atomic E-state index is 12.5. The predicted octanol–water partition coefficient (Wildman–Crippen LogP) is 2.07. The van der Waals surface area contributed by atoms with Crippen LogP contribution in [0.25, 0.3) is 22.5 Å². The van der Waals surface area contributed by atoms with Crippen molar-refractivity contribution >= 4 is 20.8 Å². The third-order valence-corrected chi connectivity index (χ3v) is 6.33. The van der Waals surface area contributed by atoms with Crippen LogP contribution in [-0.2, 0) is 15.6 Å². The fraction of sp³-hybridized carbons (Fsp3) is 0.158. The molecule has 156 valence electrons. The highest BCUT2D eigenvalue weighted by atomic mass is 32.2. The SMILES string of the molecule is Cc1c(-c2cc3cc(CS(=O)(=O)c4[nH]c(=O)[nH]c4O)ccc3o2)oc(=O)c(C)c1O. The fourth-order valence-electron chi connectivity index (χ4n) is 3.14. The first kappa shape index (κ1) is 19.6. The number of aromatic amines is 2. The minimum atomic E-state index is -4.02. The molecule has 3 aromatic heterocycles. The molecule has 10 nitrogen and oxygen atoms in total. The number of furan rings is 1. The summed E-state index contributed by atoms with van der Waals surface area (Å²) in [7, 11) is -4.02. The van der Waals surface area contributed by atoms with Crippen molar-refractivity contribution in [1.29, 1.82) is 0 Å².